The first-order valence-electron chi connectivity index (χ1n) is 19.2. The average Bonchev–Trinajstić information content (AvgIpc) is 3.14. The van der Waals surface area contributed by atoms with Gasteiger partial charge in [-0.1, -0.05) is 25.7 Å². The second-order valence-corrected chi connectivity index (χ2v) is 12.8. The zero-order valence-corrected chi connectivity index (χ0v) is 32.1. The molecular weight excluding hydrogens is 724 g/mol. The minimum atomic E-state index is -1.30. The van der Waals surface area contributed by atoms with Crippen LogP contribution in [0.15, 0.2) is 5.10 Å². The summed E-state index contributed by atoms with van der Waals surface area (Å²) < 4.78 is 16.4. The molecule has 0 heterocycles. The van der Waals surface area contributed by atoms with Gasteiger partial charge < -0.3 is 50.8 Å². The maximum absolute atomic E-state index is 12.2. The summed E-state index contributed by atoms with van der Waals surface area (Å²) in [5.41, 5.74) is 2.38. The van der Waals surface area contributed by atoms with Gasteiger partial charge in [-0.05, 0) is 51.4 Å². The van der Waals surface area contributed by atoms with Crippen molar-refractivity contribution >= 4 is 48.3 Å². The summed E-state index contributed by atoms with van der Waals surface area (Å²) in [6.07, 6.45) is 8.02. The Hall–Kier alpha value is -4.36. The van der Waals surface area contributed by atoms with Crippen LogP contribution in [0.4, 0.5) is 0 Å². The molecule has 19 nitrogen and oxygen atoms in total. The molecule has 0 saturated heterocycles. The fourth-order valence-corrected chi connectivity index (χ4v) is 4.96. The molecule has 0 unspecified atom stereocenters. The number of hydrogen-bond donors (Lipinski definition) is 8. The molecule has 0 rings (SSSR count). The number of carboxylic acids is 3. The van der Waals surface area contributed by atoms with Crippen molar-refractivity contribution in [2.75, 3.05) is 59.3 Å². The maximum atomic E-state index is 12.2. The summed E-state index contributed by atoms with van der Waals surface area (Å²) in [6, 6.07) is -2.16. The van der Waals surface area contributed by atoms with E-state index in [2.05, 4.69) is 38.5 Å². The van der Waals surface area contributed by atoms with E-state index < -0.39 is 41.8 Å². The van der Waals surface area contributed by atoms with Crippen LogP contribution in [0.25, 0.3) is 0 Å². The minimum Gasteiger partial charge on any atom is -0.481 e. The number of aliphatic carboxylic acids is 3. The van der Waals surface area contributed by atoms with Crippen LogP contribution in [0.3, 0.4) is 0 Å². The molecule has 0 aromatic rings. The molecule has 316 valence electrons. The average molecular weight is 789 g/mol. The smallest absolute Gasteiger partial charge is 0.327 e. The summed E-state index contributed by atoms with van der Waals surface area (Å²) in [5, 5.41) is 41.0. The molecule has 0 aliphatic carbocycles. The number of unbranched alkanes of at least 4 members (excludes halogenated alkanes) is 6. The highest BCUT2D eigenvalue weighted by atomic mass is 16.5. The first-order chi connectivity index (χ1) is 26.5. The summed E-state index contributed by atoms with van der Waals surface area (Å²) in [5.74, 6) is -4.49. The first kappa shape index (κ1) is 50.6. The second kappa shape index (κ2) is 35.3. The molecule has 2 atom stereocenters. The fraction of sp³-hybridized carbons (Fsp3) is 0.778. The van der Waals surface area contributed by atoms with Gasteiger partial charge in [0.1, 0.15) is 12.1 Å². The largest absolute Gasteiger partial charge is 0.481 e. The number of carbonyl (C=O) groups is 7. The molecule has 0 aromatic heterocycles. The van der Waals surface area contributed by atoms with E-state index in [0.717, 1.165) is 32.1 Å². The predicted molar refractivity (Wildman–Crippen MR) is 201 cm³/mol. The highest BCUT2D eigenvalue weighted by Crippen LogP contribution is 2.09. The lowest BCUT2D eigenvalue weighted by atomic mass is 10.1. The van der Waals surface area contributed by atoms with Crippen molar-refractivity contribution in [1.82, 2.24) is 26.7 Å². The molecule has 0 fully saturated rings. The number of nitrogens with one attached hydrogen (secondary N) is 5. The van der Waals surface area contributed by atoms with Crippen molar-refractivity contribution in [2.24, 2.45) is 5.10 Å². The number of nitrogens with zero attached hydrogens (tertiary/aromatic N) is 1. The maximum Gasteiger partial charge on any atom is 0.327 e. The topological polar surface area (TPSA) is 280 Å². The van der Waals surface area contributed by atoms with Gasteiger partial charge in [-0.2, -0.15) is 5.10 Å². The van der Waals surface area contributed by atoms with Gasteiger partial charge in [0.25, 0.3) is 0 Å². The van der Waals surface area contributed by atoms with E-state index in [1.54, 1.807) is 0 Å². The highest BCUT2D eigenvalue weighted by Gasteiger charge is 2.21. The van der Waals surface area contributed by atoms with Gasteiger partial charge in [0.15, 0.2) is 0 Å². The molecule has 0 aliphatic rings. The third kappa shape index (κ3) is 33.9. The Balaban J connectivity index is 3.70. The van der Waals surface area contributed by atoms with Crippen molar-refractivity contribution in [3.8, 4) is 0 Å². The Morgan fingerprint density at radius 3 is 1.45 bits per heavy atom. The lowest BCUT2D eigenvalue weighted by Crippen LogP contribution is -2.42. The number of ether oxygens (including phenoxy) is 3. The van der Waals surface area contributed by atoms with Crippen molar-refractivity contribution in [2.45, 2.75) is 121 Å². The Morgan fingerprint density at radius 1 is 0.473 bits per heavy atom. The molecule has 0 aliphatic heterocycles. The van der Waals surface area contributed by atoms with Gasteiger partial charge >= 0.3 is 17.9 Å². The lowest BCUT2D eigenvalue weighted by molar-refractivity contribution is -0.142. The summed E-state index contributed by atoms with van der Waals surface area (Å²) in [4.78, 5) is 81.3. The van der Waals surface area contributed by atoms with E-state index in [-0.39, 0.29) is 56.9 Å². The fourth-order valence-electron chi connectivity index (χ4n) is 4.96. The van der Waals surface area contributed by atoms with Gasteiger partial charge in [-0.25, -0.2) is 9.59 Å². The zero-order valence-electron chi connectivity index (χ0n) is 32.1. The third-order valence-corrected chi connectivity index (χ3v) is 8.02. The molecule has 0 bridgehead atoms. The SMILES string of the molecule is C=NN[C@@H](CCCCNC(=O)CC[C@H](NC(=O)CCC(=O)NCCCOCCOCCOCCCNC(=O)CCCCCCCCC(=O)O)C(=O)O)C(=O)O. The van der Waals surface area contributed by atoms with Gasteiger partial charge in [0, 0.05) is 71.7 Å². The summed E-state index contributed by atoms with van der Waals surface area (Å²) in [6.45, 7) is 6.85. The molecular formula is C36H64N6O13. The van der Waals surface area contributed by atoms with Crippen molar-refractivity contribution in [3.05, 3.63) is 0 Å². The van der Waals surface area contributed by atoms with Crippen LogP contribution in [0.5, 0.6) is 0 Å². The van der Waals surface area contributed by atoms with E-state index in [4.69, 9.17) is 24.4 Å². The van der Waals surface area contributed by atoms with E-state index in [0.29, 0.717) is 91.3 Å². The van der Waals surface area contributed by atoms with Gasteiger partial charge in [-0.3, -0.25) is 29.4 Å². The third-order valence-electron chi connectivity index (χ3n) is 8.02. The Bertz CT molecular complexity index is 1130. The number of carboxylic acid groups (broad SMARTS) is 3. The zero-order chi connectivity index (χ0) is 40.9. The van der Waals surface area contributed by atoms with Gasteiger partial charge in [0.05, 0.1) is 26.4 Å². The lowest BCUT2D eigenvalue weighted by Gasteiger charge is -2.15. The number of amides is 4. The van der Waals surface area contributed by atoms with Gasteiger partial charge in [-0.15, -0.1) is 0 Å². The van der Waals surface area contributed by atoms with Crippen molar-refractivity contribution < 1.29 is 63.1 Å². The van der Waals surface area contributed by atoms with Crippen LogP contribution in [0.1, 0.15) is 109 Å². The van der Waals surface area contributed by atoms with Crippen LogP contribution >= 0.6 is 0 Å². The Kier molecular flexibility index (Phi) is 32.5. The van der Waals surface area contributed by atoms with E-state index in [9.17, 15) is 38.7 Å². The minimum absolute atomic E-state index is 0.0278. The van der Waals surface area contributed by atoms with E-state index >= 15 is 0 Å². The number of hydrazone groups is 1. The van der Waals surface area contributed by atoms with Crippen LogP contribution in [0.2, 0.25) is 0 Å². The molecule has 0 radical (unpaired) electrons. The molecule has 19 heteroatoms. The monoisotopic (exact) mass is 788 g/mol. The molecule has 8 N–H and O–H groups in total. The molecule has 0 aromatic carbocycles. The standard InChI is InChI=1S/C36H64N6O13/c1-37-42-29(36(51)52)12-8-9-19-38-31(44)16-15-28(35(49)50)41-33(46)18-17-32(45)40-21-11-23-54-25-27-55-26-24-53-22-10-20-39-30(43)13-6-4-2-3-5-7-14-34(47)48/h28-29,42H,1-27H2,(H,38,44)(H,39,43)(H,40,45)(H,41,46)(H,47,48)(H,49,50)(H,51,52)/t28-,29-/m0/s1. The molecule has 4 amide bonds. The Morgan fingerprint density at radius 2 is 0.927 bits per heavy atom. The van der Waals surface area contributed by atoms with Crippen LogP contribution in [-0.2, 0) is 47.8 Å². The van der Waals surface area contributed by atoms with E-state index in [1.807, 2.05) is 0 Å². The van der Waals surface area contributed by atoms with Crippen LogP contribution in [0, 0.1) is 0 Å². The molecule has 55 heavy (non-hydrogen) atoms. The molecule has 0 saturated carbocycles. The van der Waals surface area contributed by atoms with E-state index in [1.165, 1.54) is 0 Å². The van der Waals surface area contributed by atoms with Crippen molar-refractivity contribution in [1.29, 1.82) is 0 Å². The first-order valence-corrected chi connectivity index (χ1v) is 19.2. The normalized spacial score (nSPS) is 11.9. The van der Waals surface area contributed by atoms with Gasteiger partial charge in [0.2, 0.25) is 23.6 Å². The van der Waals surface area contributed by atoms with Crippen LogP contribution in [-0.4, -0.2) is 135 Å². The number of rotatable bonds is 39. The number of carbonyl (C=O) groups excluding carboxylic acids is 4. The van der Waals surface area contributed by atoms with Crippen molar-refractivity contribution in [3.63, 3.8) is 0 Å². The predicted octanol–water partition coefficient (Wildman–Crippen LogP) is 1.33. The summed E-state index contributed by atoms with van der Waals surface area (Å²) >= 11 is 0. The highest BCUT2D eigenvalue weighted by molar-refractivity contribution is 5.87. The Labute approximate surface area is 323 Å². The quantitative estimate of drug-likeness (QED) is 0.0248. The summed E-state index contributed by atoms with van der Waals surface area (Å²) in [7, 11) is 0. The second-order valence-electron chi connectivity index (χ2n) is 12.8. The molecule has 0 spiro atoms. The number of hydrogen-bond acceptors (Lipinski definition) is 12. The van der Waals surface area contributed by atoms with Crippen LogP contribution < -0.4 is 26.7 Å².